The zero-order valence-corrected chi connectivity index (χ0v) is 8.81. The molecular weight excluding hydrogens is 213 g/mol. The van der Waals surface area contributed by atoms with Crippen LogP contribution in [0.4, 0.5) is 10.1 Å². The Balaban J connectivity index is 2.41. The van der Waals surface area contributed by atoms with Gasteiger partial charge in [-0.05, 0) is 31.4 Å². The Morgan fingerprint density at radius 1 is 1.56 bits per heavy atom. The Bertz CT molecular complexity index is 441. The van der Waals surface area contributed by atoms with E-state index in [2.05, 4.69) is 0 Å². The third kappa shape index (κ3) is 1.57. The Morgan fingerprint density at radius 3 is 2.56 bits per heavy atom. The number of nitrogens with zero attached hydrogens (tertiary/aromatic N) is 1. The van der Waals surface area contributed by atoms with Crippen molar-refractivity contribution in [2.24, 2.45) is 0 Å². The van der Waals surface area contributed by atoms with Gasteiger partial charge in [0, 0.05) is 11.5 Å². The van der Waals surface area contributed by atoms with Gasteiger partial charge in [-0.25, -0.2) is 4.39 Å². The molecule has 1 saturated carbocycles. The predicted octanol–water partition coefficient (Wildman–Crippen LogP) is 2.15. The molecule has 0 amide bonds. The van der Waals surface area contributed by atoms with Crippen LogP contribution in [-0.4, -0.2) is 16.1 Å². The molecule has 0 aliphatic heterocycles. The van der Waals surface area contributed by atoms with E-state index in [4.69, 9.17) is 0 Å². The normalized spacial score (nSPS) is 19.2. The molecule has 2 rings (SSSR count). The SMILES string of the molecule is CC(O)C1(c2ccc([N+](=O)[O-])cc2F)CC1. The van der Waals surface area contributed by atoms with Crippen LogP contribution in [0.2, 0.25) is 0 Å². The standard InChI is InChI=1S/C11H12FNO3/c1-7(14)11(4-5-11)9-3-2-8(13(15)16)6-10(9)12/h2-3,6-7,14H,4-5H2,1H3. The van der Waals surface area contributed by atoms with E-state index in [0.717, 1.165) is 18.9 Å². The third-order valence-electron chi connectivity index (χ3n) is 3.29. The summed E-state index contributed by atoms with van der Waals surface area (Å²) in [7, 11) is 0. The van der Waals surface area contributed by atoms with Crippen LogP contribution in [0.5, 0.6) is 0 Å². The van der Waals surface area contributed by atoms with Gasteiger partial charge in [-0.1, -0.05) is 0 Å². The van der Waals surface area contributed by atoms with E-state index in [1.807, 2.05) is 0 Å². The van der Waals surface area contributed by atoms with E-state index in [-0.39, 0.29) is 5.69 Å². The number of benzene rings is 1. The summed E-state index contributed by atoms with van der Waals surface area (Å²) in [5.41, 5.74) is -0.408. The van der Waals surface area contributed by atoms with Crippen LogP contribution < -0.4 is 0 Å². The number of nitro benzene ring substituents is 1. The minimum atomic E-state index is -0.636. The second kappa shape index (κ2) is 3.52. The fourth-order valence-corrected chi connectivity index (χ4v) is 2.07. The Hall–Kier alpha value is -1.49. The Labute approximate surface area is 91.9 Å². The van der Waals surface area contributed by atoms with Gasteiger partial charge >= 0.3 is 0 Å². The summed E-state index contributed by atoms with van der Waals surface area (Å²) in [5, 5.41) is 20.1. The van der Waals surface area contributed by atoms with Gasteiger partial charge in [0.2, 0.25) is 0 Å². The fourth-order valence-electron chi connectivity index (χ4n) is 2.07. The molecular formula is C11H12FNO3. The topological polar surface area (TPSA) is 63.4 Å². The number of halogens is 1. The largest absolute Gasteiger partial charge is 0.392 e. The maximum Gasteiger partial charge on any atom is 0.272 e. The lowest BCUT2D eigenvalue weighted by atomic mass is 9.90. The molecule has 0 spiro atoms. The maximum absolute atomic E-state index is 13.7. The molecule has 0 radical (unpaired) electrons. The van der Waals surface area contributed by atoms with Crippen LogP contribution in [0.1, 0.15) is 25.3 Å². The highest BCUT2D eigenvalue weighted by Gasteiger charge is 2.50. The monoisotopic (exact) mass is 225 g/mol. The molecule has 16 heavy (non-hydrogen) atoms. The molecule has 0 heterocycles. The van der Waals surface area contributed by atoms with Crippen molar-refractivity contribution in [1.82, 2.24) is 0 Å². The molecule has 1 fully saturated rings. The highest BCUT2D eigenvalue weighted by molar-refractivity contribution is 5.41. The second-order valence-corrected chi connectivity index (χ2v) is 4.25. The summed E-state index contributed by atoms with van der Waals surface area (Å²) >= 11 is 0. The van der Waals surface area contributed by atoms with Crippen LogP contribution >= 0.6 is 0 Å². The average Bonchev–Trinajstić information content (AvgIpc) is 2.98. The minimum Gasteiger partial charge on any atom is -0.392 e. The van der Waals surface area contributed by atoms with Gasteiger partial charge in [0.25, 0.3) is 5.69 Å². The van der Waals surface area contributed by atoms with Crippen molar-refractivity contribution in [2.45, 2.75) is 31.3 Å². The van der Waals surface area contributed by atoms with Crippen LogP contribution in [-0.2, 0) is 5.41 Å². The van der Waals surface area contributed by atoms with E-state index in [0.29, 0.717) is 5.56 Å². The summed E-state index contributed by atoms with van der Waals surface area (Å²) in [6, 6.07) is 3.60. The second-order valence-electron chi connectivity index (χ2n) is 4.25. The number of hydrogen-bond donors (Lipinski definition) is 1. The molecule has 1 aliphatic rings. The van der Waals surface area contributed by atoms with Crippen molar-refractivity contribution in [2.75, 3.05) is 0 Å². The van der Waals surface area contributed by atoms with Crippen molar-refractivity contribution >= 4 is 5.69 Å². The highest BCUT2D eigenvalue weighted by Crippen LogP contribution is 2.51. The zero-order valence-electron chi connectivity index (χ0n) is 8.81. The van der Waals surface area contributed by atoms with Crippen LogP contribution in [0.15, 0.2) is 18.2 Å². The molecule has 1 aliphatic carbocycles. The number of aliphatic hydroxyl groups excluding tert-OH is 1. The molecule has 1 N–H and O–H groups in total. The lowest BCUT2D eigenvalue weighted by Crippen LogP contribution is -2.23. The number of hydrogen-bond acceptors (Lipinski definition) is 3. The van der Waals surface area contributed by atoms with E-state index < -0.39 is 22.3 Å². The first-order chi connectivity index (χ1) is 7.47. The highest BCUT2D eigenvalue weighted by atomic mass is 19.1. The lowest BCUT2D eigenvalue weighted by Gasteiger charge is -2.19. The third-order valence-corrected chi connectivity index (χ3v) is 3.29. The molecule has 0 saturated heterocycles. The van der Waals surface area contributed by atoms with Crippen molar-refractivity contribution in [3.8, 4) is 0 Å². The summed E-state index contributed by atoms with van der Waals surface area (Å²) in [6.07, 6.45) is 0.808. The number of non-ortho nitro benzene ring substituents is 1. The molecule has 0 bridgehead atoms. The van der Waals surface area contributed by atoms with Gasteiger partial charge in [0.15, 0.2) is 0 Å². The van der Waals surface area contributed by atoms with E-state index in [1.165, 1.54) is 12.1 Å². The van der Waals surface area contributed by atoms with Crippen LogP contribution in [0.3, 0.4) is 0 Å². The maximum atomic E-state index is 13.7. The van der Waals surface area contributed by atoms with Gasteiger partial charge in [-0.3, -0.25) is 10.1 Å². The Morgan fingerprint density at radius 2 is 2.19 bits per heavy atom. The first kappa shape index (κ1) is 11.0. The molecule has 86 valence electrons. The summed E-state index contributed by atoms with van der Waals surface area (Å²) in [5.74, 6) is -0.604. The van der Waals surface area contributed by atoms with E-state index in [9.17, 15) is 19.6 Å². The van der Waals surface area contributed by atoms with Crippen molar-refractivity contribution in [3.63, 3.8) is 0 Å². The molecule has 5 heteroatoms. The molecule has 1 aromatic rings. The summed E-state index contributed by atoms with van der Waals surface area (Å²) < 4.78 is 13.7. The van der Waals surface area contributed by atoms with Gasteiger partial charge in [-0.15, -0.1) is 0 Å². The van der Waals surface area contributed by atoms with E-state index in [1.54, 1.807) is 6.92 Å². The smallest absolute Gasteiger partial charge is 0.272 e. The quantitative estimate of drug-likeness (QED) is 0.633. The van der Waals surface area contributed by atoms with Gasteiger partial charge in [0.05, 0.1) is 17.1 Å². The predicted molar refractivity (Wildman–Crippen MR) is 55.6 cm³/mol. The van der Waals surface area contributed by atoms with Crippen molar-refractivity contribution in [1.29, 1.82) is 0 Å². The molecule has 1 atom stereocenters. The van der Waals surface area contributed by atoms with Gasteiger partial charge < -0.3 is 5.11 Å². The summed E-state index contributed by atoms with van der Waals surface area (Å²) in [6.45, 7) is 1.62. The molecule has 1 unspecified atom stereocenters. The minimum absolute atomic E-state index is 0.261. The number of aliphatic hydroxyl groups is 1. The first-order valence-electron chi connectivity index (χ1n) is 5.10. The average molecular weight is 225 g/mol. The van der Waals surface area contributed by atoms with Crippen molar-refractivity contribution < 1.29 is 14.4 Å². The van der Waals surface area contributed by atoms with Crippen molar-refractivity contribution in [3.05, 3.63) is 39.7 Å². The summed E-state index contributed by atoms with van der Waals surface area (Å²) in [4.78, 5) is 9.82. The molecule has 4 nitrogen and oxygen atoms in total. The zero-order chi connectivity index (χ0) is 11.9. The van der Waals surface area contributed by atoms with Crippen LogP contribution in [0, 0.1) is 15.9 Å². The fraction of sp³-hybridized carbons (Fsp3) is 0.455. The first-order valence-corrected chi connectivity index (χ1v) is 5.10. The van der Waals surface area contributed by atoms with Gasteiger partial charge in [0.1, 0.15) is 5.82 Å². The lowest BCUT2D eigenvalue weighted by molar-refractivity contribution is -0.385. The Kier molecular flexibility index (Phi) is 2.42. The number of rotatable bonds is 3. The van der Waals surface area contributed by atoms with E-state index >= 15 is 0 Å². The molecule has 0 aromatic heterocycles. The van der Waals surface area contributed by atoms with Crippen LogP contribution in [0.25, 0.3) is 0 Å². The molecule has 1 aromatic carbocycles. The van der Waals surface area contributed by atoms with Gasteiger partial charge in [-0.2, -0.15) is 0 Å². The number of nitro groups is 1.